The Balaban J connectivity index is 0.526. The lowest BCUT2D eigenvalue weighted by Crippen LogP contribution is -2.34. The van der Waals surface area contributed by atoms with Crippen molar-refractivity contribution in [2.75, 3.05) is 176 Å². The summed E-state index contributed by atoms with van der Waals surface area (Å²) in [6, 6.07) is 22.5. The Hall–Kier alpha value is -7.05. The quantitative estimate of drug-likeness (QED) is 0.0164. The Morgan fingerprint density at radius 2 is 1.10 bits per heavy atom. The van der Waals surface area contributed by atoms with Crippen molar-refractivity contribution in [2.45, 2.75) is 91.3 Å². The molecule has 1 radical (unpaired) electrons. The minimum absolute atomic E-state index is 0.00665. The molecule has 6 aromatic rings. The molecule has 9 rings (SSSR count). The summed E-state index contributed by atoms with van der Waals surface area (Å²) in [6.07, 6.45) is 3.90. The number of anilines is 1. The van der Waals surface area contributed by atoms with Crippen LogP contribution < -0.4 is 26.3 Å². The molecule has 2 aliphatic heterocycles. The largest absolute Gasteiger partial charge is 0.379 e. The molecule has 3 aromatic carbocycles. The molecule has 30 nitrogen and oxygen atoms in total. The van der Waals surface area contributed by atoms with E-state index in [0.29, 0.717) is 180 Å². The number of hydrogen-bond acceptors (Lipinski definition) is 25. The summed E-state index contributed by atoms with van der Waals surface area (Å²) >= 11 is 13.0. The van der Waals surface area contributed by atoms with Crippen molar-refractivity contribution in [1.29, 1.82) is 0 Å². The number of rotatable bonds is 53. The van der Waals surface area contributed by atoms with Crippen LogP contribution in [0.15, 0.2) is 77.8 Å². The van der Waals surface area contributed by atoms with Crippen molar-refractivity contribution in [1.82, 2.24) is 51.2 Å². The summed E-state index contributed by atoms with van der Waals surface area (Å²) < 4.78 is 76.3. The summed E-state index contributed by atoms with van der Waals surface area (Å²) in [6.45, 7) is 15.6. The fourth-order valence-corrected chi connectivity index (χ4v) is 13.6. The van der Waals surface area contributed by atoms with Gasteiger partial charge in [0, 0.05) is 71.1 Å². The van der Waals surface area contributed by atoms with Crippen LogP contribution in [0.3, 0.4) is 0 Å². The summed E-state index contributed by atoms with van der Waals surface area (Å²) in [5, 5.41) is 28.2. The van der Waals surface area contributed by atoms with E-state index in [4.69, 9.17) is 89.7 Å². The molecule has 107 heavy (non-hydrogen) atoms. The zero-order chi connectivity index (χ0) is 75.2. The monoisotopic (exact) mass is 1560 g/mol. The minimum atomic E-state index is -1.57. The molecule has 3 aliphatic rings. The van der Waals surface area contributed by atoms with E-state index in [1.54, 1.807) is 20.9 Å². The van der Waals surface area contributed by atoms with E-state index in [1.165, 1.54) is 11.3 Å². The number of hydrogen-bond donors (Lipinski definition) is 4. The van der Waals surface area contributed by atoms with E-state index in [2.05, 4.69) is 55.8 Å². The third-order valence-corrected chi connectivity index (χ3v) is 19.9. The number of hydroxylamine groups is 1. The van der Waals surface area contributed by atoms with Crippen LogP contribution in [0.25, 0.3) is 27.5 Å². The summed E-state index contributed by atoms with van der Waals surface area (Å²) in [4.78, 5) is 72.7. The number of nitrogens with zero attached hydrogens (tertiary/aromatic N) is 8. The van der Waals surface area contributed by atoms with Crippen LogP contribution in [-0.4, -0.2) is 237 Å². The Morgan fingerprint density at radius 3 is 1.69 bits per heavy atom. The van der Waals surface area contributed by atoms with E-state index in [0.717, 1.165) is 68.5 Å². The molecule has 583 valence electrons. The number of halogens is 1. The predicted molar refractivity (Wildman–Crippen MR) is 403 cm³/mol. The van der Waals surface area contributed by atoms with Gasteiger partial charge in [0.25, 0.3) is 0 Å². The molecule has 1 saturated carbocycles. The van der Waals surface area contributed by atoms with Crippen LogP contribution in [0, 0.1) is 26.7 Å². The van der Waals surface area contributed by atoms with Crippen LogP contribution >= 0.6 is 30.1 Å². The number of ether oxygens (including phenoxy) is 11. The predicted octanol–water partition coefficient (Wildman–Crippen LogP) is 7.39. The number of para-hydroxylation sites is 1. The third-order valence-electron chi connectivity index (χ3n) is 17.3. The first-order valence-corrected chi connectivity index (χ1v) is 39.7. The van der Waals surface area contributed by atoms with Crippen LogP contribution in [0.5, 0.6) is 0 Å². The number of carbonyl (C=O) groups excluding carboxylic acids is 5. The van der Waals surface area contributed by atoms with Crippen molar-refractivity contribution >= 4 is 82.8 Å². The van der Waals surface area contributed by atoms with E-state index in [-0.39, 0.29) is 94.6 Å². The maximum atomic E-state index is 14.1. The highest BCUT2D eigenvalue weighted by atomic mass is 35.5. The van der Waals surface area contributed by atoms with Crippen molar-refractivity contribution < 1.29 is 85.2 Å². The number of aliphatic imine (C=N–C) groups is 1. The van der Waals surface area contributed by atoms with Crippen molar-refractivity contribution in [2.24, 2.45) is 10.9 Å². The molecule has 3 aromatic heterocycles. The van der Waals surface area contributed by atoms with E-state index in [9.17, 15) is 24.0 Å². The highest BCUT2D eigenvalue weighted by molar-refractivity contribution is 8.00. The van der Waals surface area contributed by atoms with Gasteiger partial charge in [0.1, 0.15) is 22.6 Å². The number of nitrogens with one attached hydrogen (secondary N) is 4. The second-order valence-corrected chi connectivity index (χ2v) is 28.4. The minimum Gasteiger partial charge on any atom is -0.379 e. The molecule has 34 heteroatoms. The maximum absolute atomic E-state index is 14.1. The number of amides is 5. The van der Waals surface area contributed by atoms with E-state index < -0.39 is 13.2 Å². The van der Waals surface area contributed by atoms with Crippen molar-refractivity contribution in [3.05, 3.63) is 117 Å². The molecular formula is C73H99ClN12O18PS2. The zero-order valence-electron chi connectivity index (χ0n) is 61.1. The van der Waals surface area contributed by atoms with Crippen LogP contribution in [0.2, 0.25) is 5.02 Å². The van der Waals surface area contributed by atoms with Crippen LogP contribution in [0.4, 0.5) is 5.69 Å². The molecule has 2 atom stereocenters. The molecule has 1 aliphatic carbocycles. The maximum Gasteiger partial charge on any atom is 0.246 e. The van der Waals surface area contributed by atoms with Gasteiger partial charge in [-0.2, -0.15) is 4.62 Å². The molecule has 2 unspecified atom stereocenters. The molecule has 5 heterocycles. The van der Waals surface area contributed by atoms with Crippen molar-refractivity contribution in [3.8, 4) is 27.5 Å². The number of aryl methyl sites for hydroxylation is 2. The number of thiophene rings is 1. The second-order valence-electron chi connectivity index (χ2n) is 25.0. The smallest absolute Gasteiger partial charge is 0.246 e. The van der Waals surface area contributed by atoms with Gasteiger partial charge in [0.2, 0.25) is 36.7 Å². The van der Waals surface area contributed by atoms with E-state index in [1.807, 2.05) is 84.3 Å². The molecular weight excluding hydrogens is 1460 g/mol. The van der Waals surface area contributed by atoms with Gasteiger partial charge in [-0.1, -0.05) is 77.8 Å². The lowest BCUT2D eigenvalue weighted by atomic mass is 9.86. The van der Waals surface area contributed by atoms with Gasteiger partial charge >= 0.3 is 0 Å². The standard InChI is InChI=1S/C73H99ClN12O18PS2/c1-52-53(2)107-73-68(52)69(56-15-17-58(74)18-16-56)78-61(72-81-79-54(3)86(72)73)49-66(90)77-25-31-96-37-42-100-41-35-95-30-24-76-64(88)21-27-92-33-39-98-45-47-101-43-36-94-29-23-75-63(87)19-20-67(91)84-50-57-11-4-5-12-59(57)70-71(60-13-6-7-14-62(60)84)85(83-80-70)26-32-97-38-44-102-48-46-99-40-34-93-28-22-65(89)82-104-105(106)103-51-55-9-8-10-55/h4-7,11-18,55,61H,8-10,19-51H2,1-3H3,(H,75,87)(H,76,88)(H,77,90)(H,82,89). The van der Waals surface area contributed by atoms with Gasteiger partial charge in [-0.3, -0.25) is 33.5 Å². The Bertz CT molecular complexity index is 3810. The first kappa shape index (κ1) is 84.0. The fraction of sp³-hybridized carbons (Fsp3) is 0.562. The lowest BCUT2D eigenvalue weighted by Gasteiger charge is -2.28. The average Bonchev–Trinajstić information content (AvgIpc) is 1.62. The molecule has 4 N–H and O–H groups in total. The average molecular weight is 1560 g/mol. The highest BCUT2D eigenvalue weighted by Gasteiger charge is 2.34. The lowest BCUT2D eigenvalue weighted by molar-refractivity contribution is -0.129. The van der Waals surface area contributed by atoms with Crippen molar-refractivity contribution in [3.63, 3.8) is 0 Å². The first-order valence-electron chi connectivity index (χ1n) is 36.3. The summed E-state index contributed by atoms with van der Waals surface area (Å²) in [5.74, 6) is 0.752. The summed E-state index contributed by atoms with van der Waals surface area (Å²) in [7, 11) is -1.57. The molecule has 1 fully saturated rings. The fourth-order valence-electron chi connectivity index (χ4n) is 11.4. The third kappa shape index (κ3) is 27.8. The van der Waals surface area contributed by atoms with Gasteiger partial charge in [-0.05, 0) is 80.7 Å². The topological polar surface area (TPSA) is 330 Å². The SMILES string of the molecule is Cc1sc2c(c1C)C(c1ccc(Cl)cc1)=NC(CC(=O)NCCOCCOCCOCCNC(=O)CCOCCOCCOCCOCCNC(=O)CCC(=O)N1Cc3ccccc3-c3nnn(CCOCCOCCOCCOCCC(=O)NO[P](=S)OCC4CCC4)c3-c3ccccc31)c1nnc(C)n1-2. The number of carbonyl (C=O) groups is 5. The molecule has 5 amide bonds. The number of benzene rings is 3. The number of fused-ring (bicyclic) bond motifs is 8. The highest BCUT2D eigenvalue weighted by Crippen LogP contribution is 2.43. The normalized spacial score (nSPS) is 13.9. The molecule has 0 spiro atoms. The molecule has 0 bridgehead atoms. The Kier molecular flexibility index (Phi) is 37.0. The van der Waals surface area contributed by atoms with Gasteiger partial charge in [0.15, 0.2) is 5.82 Å². The number of aromatic nitrogens is 6. The molecule has 0 saturated heterocycles. The Labute approximate surface area is 638 Å². The summed E-state index contributed by atoms with van der Waals surface area (Å²) in [5.41, 5.74) is 10.8. The van der Waals surface area contributed by atoms with Crippen LogP contribution in [-0.2, 0) is 110 Å². The van der Waals surface area contributed by atoms with Gasteiger partial charge in [-0.15, -0.1) is 26.6 Å². The van der Waals surface area contributed by atoms with Gasteiger partial charge in [-0.25, -0.2) is 10.2 Å². The Morgan fingerprint density at radius 1 is 0.579 bits per heavy atom. The van der Waals surface area contributed by atoms with E-state index >= 15 is 0 Å². The first-order chi connectivity index (χ1) is 52.3. The zero-order valence-corrected chi connectivity index (χ0v) is 64.4. The van der Waals surface area contributed by atoms with Gasteiger partial charge < -0.3 is 77.5 Å². The van der Waals surface area contributed by atoms with Gasteiger partial charge in [0.05, 0.1) is 195 Å². The van der Waals surface area contributed by atoms with Crippen LogP contribution in [0.1, 0.15) is 96.2 Å². The second kappa shape index (κ2) is 47.1.